The molecule has 132 valence electrons. The van der Waals surface area contributed by atoms with E-state index in [0.717, 1.165) is 22.7 Å². The van der Waals surface area contributed by atoms with Crippen LogP contribution in [0.3, 0.4) is 0 Å². The molecule has 2 aromatic heterocycles. The normalized spacial score (nSPS) is 11.7. The third-order valence-electron chi connectivity index (χ3n) is 4.76. The molecule has 0 bridgehead atoms. The van der Waals surface area contributed by atoms with Gasteiger partial charge in [-0.2, -0.15) is 0 Å². The summed E-state index contributed by atoms with van der Waals surface area (Å²) in [6.07, 6.45) is 0. The largest absolute Gasteiger partial charge is 0.340 e. The summed E-state index contributed by atoms with van der Waals surface area (Å²) in [4.78, 5) is 14.4. The number of hydrogen-bond acceptors (Lipinski definition) is 1. The van der Waals surface area contributed by atoms with Gasteiger partial charge in [0.1, 0.15) is 0 Å². The maximum Gasteiger partial charge on any atom is 0.248 e. The summed E-state index contributed by atoms with van der Waals surface area (Å²) in [6.45, 7) is 4.62. The minimum atomic E-state index is -1.03. The number of fused-ring (bicyclic) bond motifs is 2. The molecular formula is C21H18F2N2O. The van der Waals surface area contributed by atoms with Gasteiger partial charge in [-0.25, -0.2) is 8.78 Å². The number of halogens is 2. The Labute approximate surface area is 148 Å². The summed E-state index contributed by atoms with van der Waals surface area (Å²) in [5.74, 6) is -1.72. The highest BCUT2D eigenvalue weighted by Crippen LogP contribution is 2.28. The quantitative estimate of drug-likeness (QED) is 0.558. The first-order chi connectivity index (χ1) is 12.5. The maximum atomic E-state index is 14.1. The van der Waals surface area contributed by atoms with Crippen LogP contribution in [0.4, 0.5) is 8.78 Å². The van der Waals surface area contributed by atoms with Crippen molar-refractivity contribution in [3.05, 3.63) is 81.8 Å². The van der Waals surface area contributed by atoms with Crippen molar-refractivity contribution in [3.8, 4) is 0 Å². The molecule has 0 aliphatic carbocycles. The molecule has 0 saturated carbocycles. The molecule has 0 aliphatic heterocycles. The number of H-pyrrole nitrogens is 1. The fraction of sp³-hybridized carbons (Fsp3) is 0.190. The average molecular weight is 352 g/mol. The standard InChI is InChI=1S/C21H18F2N2O/c1-12(2)18-9-13-5-3-4-6-17(13)25(18)11-14-10-19(26)24-21-15(14)7-8-16(22)20(21)23/h3-10,12H,11H2,1-2H3,(H,24,26). The highest BCUT2D eigenvalue weighted by Gasteiger charge is 2.16. The van der Waals surface area contributed by atoms with E-state index in [1.54, 1.807) is 0 Å². The molecule has 0 spiro atoms. The Morgan fingerprint density at radius 1 is 1.08 bits per heavy atom. The van der Waals surface area contributed by atoms with Gasteiger partial charge in [0.25, 0.3) is 0 Å². The Bertz CT molecular complexity index is 1190. The van der Waals surface area contributed by atoms with Crippen LogP contribution in [-0.2, 0) is 6.54 Å². The fourth-order valence-electron chi connectivity index (χ4n) is 3.52. The lowest BCUT2D eigenvalue weighted by atomic mass is 10.1. The van der Waals surface area contributed by atoms with Crippen LogP contribution in [0.15, 0.2) is 53.3 Å². The smallest absolute Gasteiger partial charge is 0.248 e. The molecule has 0 aliphatic rings. The monoisotopic (exact) mass is 352 g/mol. The van der Waals surface area contributed by atoms with Crippen LogP contribution in [0.2, 0.25) is 0 Å². The van der Waals surface area contributed by atoms with Gasteiger partial charge in [0.05, 0.1) is 5.52 Å². The molecule has 0 amide bonds. The van der Waals surface area contributed by atoms with E-state index in [1.165, 1.54) is 12.1 Å². The molecule has 26 heavy (non-hydrogen) atoms. The fourth-order valence-corrected chi connectivity index (χ4v) is 3.52. The first-order valence-electron chi connectivity index (χ1n) is 8.54. The van der Waals surface area contributed by atoms with Crippen molar-refractivity contribution in [3.63, 3.8) is 0 Å². The number of benzene rings is 2. The Balaban J connectivity index is 1.96. The lowest BCUT2D eigenvalue weighted by Crippen LogP contribution is -2.12. The van der Waals surface area contributed by atoms with E-state index < -0.39 is 17.2 Å². The van der Waals surface area contributed by atoms with Crippen LogP contribution in [0.1, 0.15) is 31.0 Å². The molecule has 1 N–H and O–H groups in total. The Hall–Kier alpha value is -2.95. The van der Waals surface area contributed by atoms with E-state index in [-0.39, 0.29) is 11.4 Å². The lowest BCUT2D eigenvalue weighted by molar-refractivity contribution is 0.515. The van der Waals surface area contributed by atoms with E-state index in [4.69, 9.17) is 0 Å². The van der Waals surface area contributed by atoms with Gasteiger partial charge >= 0.3 is 0 Å². The van der Waals surface area contributed by atoms with Gasteiger partial charge in [-0.15, -0.1) is 0 Å². The highest BCUT2D eigenvalue weighted by molar-refractivity contribution is 5.84. The van der Waals surface area contributed by atoms with Gasteiger partial charge < -0.3 is 9.55 Å². The first kappa shape index (κ1) is 16.5. The van der Waals surface area contributed by atoms with Crippen molar-refractivity contribution in [2.75, 3.05) is 0 Å². The molecule has 5 heteroatoms. The van der Waals surface area contributed by atoms with Gasteiger partial charge in [0.15, 0.2) is 11.6 Å². The molecule has 2 heterocycles. The predicted molar refractivity (Wildman–Crippen MR) is 99.6 cm³/mol. The second kappa shape index (κ2) is 6.09. The molecule has 4 aromatic rings. The summed E-state index contributed by atoms with van der Waals surface area (Å²) in [6, 6.07) is 14.2. The summed E-state index contributed by atoms with van der Waals surface area (Å²) >= 11 is 0. The van der Waals surface area contributed by atoms with Crippen molar-refractivity contribution in [1.82, 2.24) is 9.55 Å². The number of para-hydroxylation sites is 1. The van der Waals surface area contributed by atoms with E-state index in [2.05, 4.69) is 29.5 Å². The zero-order valence-corrected chi connectivity index (χ0v) is 14.5. The van der Waals surface area contributed by atoms with Crippen LogP contribution >= 0.6 is 0 Å². The molecule has 0 radical (unpaired) electrons. The summed E-state index contributed by atoms with van der Waals surface area (Å²) in [5.41, 5.74) is 2.30. The zero-order chi connectivity index (χ0) is 18.4. The van der Waals surface area contributed by atoms with E-state index in [1.807, 2.05) is 24.3 Å². The molecule has 4 rings (SSSR count). The summed E-state index contributed by atoms with van der Waals surface area (Å²) < 4.78 is 29.8. The van der Waals surface area contributed by atoms with Gasteiger partial charge in [-0.3, -0.25) is 4.79 Å². The first-order valence-corrected chi connectivity index (χ1v) is 8.54. The number of nitrogens with one attached hydrogen (secondary N) is 1. The van der Waals surface area contributed by atoms with Gasteiger partial charge in [0, 0.05) is 29.2 Å². The maximum absolute atomic E-state index is 14.1. The van der Waals surface area contributed by atoms with Crippen molar-refractivity contribution in [1.29, 1.82) is 0 Å². The number of nitrogens with zero attached hydrogens (tertiary/aromatic N) is 1. The van der Waals surface area contributed by atoms with Gasteiger partial charge in [0.2, 0.25) is 5.56 Å². The van der Waals surface area contributed by atoms with E-state index >= 15 is 0 Å². The Morgan fingerprint density at radius 3 is 2.62 bits per heavy atom. The van der Waals surface area contributed by atoms with Crippen LogP contribution in [0.25, 0.3) is 21.8 Å². The second-order valence-electron chi connectivity index (χ2n) is 6.81. The molecule has 0 unspecified atom stereocenters. The third-order valence-corrected chi connectivity index (χ3v) is 4.76. The van der Waals surface area contributed by atoms with Crippen molar-refractivity contribution in [2.45, 2.75) is 26.3 Å². The van der Waals surface area contributed by atoms with Crippen molar-refractivity contribution in [2.24, 2.45) is 0 Å². The SMILES string of the molecule is CC(C)c1cc2ccccc2n1Cc1cc(=O)[nH]c2c(F)c(F)ccc12. The number of aromatic nitrogens is 2. The molecule has 3 nitrogen and oxygen atoms in total. The van der Waals surface area contributed by atoms with Crippen molar-refractivity contribution < 1.29 is 8.78 Å². The number of hydrogen-bond donors (Lipinski definition) is 1. The van der Waals surface area contributed by atoms with Crippen molar-refractivity contribution >= 4 is 21.8 Å². The molecule has 0 fully saturated rings. The highest BCUT2D eigenvalue weighted by atomic mass is 19.2. The number of aromatic amines is 1. The van der Waals surface area contributed by atoms with Crippen LogP contribution in [0.5, 0.6) is 0 Å². The lowest BCUT2D eigenvalue weighted by Gasteiger charge is -2.15. The van der Waals surface area contributed by atoms with Crippen LogP contribution in [-0.4, -0.2) is 9.55 Å². The van der Waals surface area contributed by atoms with Crippen LogP contribution < -0.4 is 5.56 Å². The molecule has 0 atom stereocenters. The third kappa shape index (κ3) is 2.60. The molecule has 0 saturated heterocycles. The Morgan fingerprint density at radius 2 is 1.85 bits per heavy atom. The Kier molecular flexibility index (Phi) is 3.87. The minimum Gasteiger partial charge on any atom is -0.340 e. The second-order valence-corrected chi connectivity index (χ2v) is 6.81. The topological polar surface area (TPSA) is 37.8 Å². The molecule has 2 aromatic carbocycles. The zero-order valence-electron chi connectivity index (χ0n) is 14.5. The number of rotatable bonds is 3. The predicted octanol–water partition coefficient (Wildman–Crippen LogP) is 4.93. The average Bonchev–Trinajstić information content (AvgIpc) is 2.97. The number of pyridine rings is 1. The van der Waals surface area contributed by atoms with Gasteiger partial charge in [-0.05, 0) is 41.1 Å². The van der Waals surface area contributed by atoms with E-state index in [0.29, 0.717) is 17.5 Å². The minimum absolute atomic E-state index is 0.0879. The van der Waals surface area contributed by atoms with Gasteiger partial charge in [-0.1, -0.05) is 32.0 Å². The van der Waals surface area contributed by atoms with Crippen LogP contribution in [0, 0.1) is 11.6 Å². The summed E-state index contributed by atoms with van der Waals surface area (Å²) in [5, 5.41) is 1.62. The summed E-state index contributed by atoms with van der Waals surface area (Å²) in [7, 11) is 0. The van der Waals surface area contributed by atoms with E-state index in [9.17, 15) is 13.6 Å². The molecular weight excluding hydrogens is 334 g/mol.